The lowest BCUT2D eigenvalue weighted by atomic mass is 10.0. The van der Waals surface area contributed by atoms with Gasteiger partial charge in [0.05, 0.1) is 17.7 Å². The Kier molecular flexibility index (Phi) is 11.6. The Balaban J connectivity index is 1.81. The van der Waals surface area contributed by atoms with Crippen molar-refractivity contribution in [2.75, 3.05) is 18.0 Å². The summed E-state index contributed by atoms with van der Waals surface area (Å²) in [7, 11) is -2.72. The SMILES string of the molecule is CCC(C)NC(=O)C(Cc1ccccc1)N(Cc1ccc(Cl)cc1)C(=O)CN(c1cccc(OC)c1)S(=O)(=O)c1ccccc1. The number of amides is 2. The number of carbonyl (C=O) groups excluding carboxylic acids is 2. The van der Waals surface area contributed by atoms with E-state index >= 15 is 0 Å². The number of sulfonamides is 1. The molecule has 4 aromatic carbocycles. The van der Waals surface area contributed by atoms with E-state index in [0.29, 0.717) is 17.2 Å². The number of halogens is 1. The van der Waals surface area contributed by atoms with E-state index in [1.165, 1.54) is 24.1 Å². The minimum atomic E-state index is -4.20. The summed E-state index contributed by atoms with van der Waals surface area (Å²) >= 11 is 6.15. The monoisotopic (exact) mass is 647 g/mol. The molecule has 4 aromatic rings. The number of nitrogens with zero attached hydrogens (tertiary/aromatic N) is 2. The molecule has 1 N–H and O–H groups in total. The molecule has 4 rings (SSSR count). The lowest BCUT2D eigenvalue weighted by Crippen LogP contribution is -2.54. The van der Waals surface area contributed by atoms with Gasteiger partial charge in [-0.2, -0.15) is 0 Å². The standard InChI is InChI=1S/C35H38ClN3O5S/c1-4-26(2)37-35(41)33(22-27-12-7-5-8-13-27)38(24-28-18-20-29(36)21-19-28)34(40)25-39(30-14-11-15-31(23-30)44-3)45(42,43)32-16-9-6-10-17-32/h5-21,23,26,33H,4,22,24-25H2,1-3H3,(H,37,41). The van der Waals surface area contributed by atoms with Crippen molar-refractivity contribution in [3.63, 3.8) is 0 Å². The number of hydrogen-bond acceptors (Lipinski definition) is 5. The highest BCUT2D eigenvalue weighted by atomic mass is 35.5. The van der Waals surface area contributed by atoms with Crippen LogP contribution in [-0.2, 0) is 32.6 Å². The lowest BCUT2D eigenvalue weighted by molar-refractivity contribution is -0.140. The van der Waals surface area contributed by atoms with E-state index in [0.717, 1.165) is 15.4 Å². The molecule has 2 atom stereocenters. The number of anilines is 1. The number of hydrogen-bond donors (Lipinski definition) is 1. The maximum absolute atomic E-state index is 14.5. The number of ether oxygens (including phenoxy) is 1. The van der Waals surface area contributed by atoms with Crippen molar-refractivity contribution in [3.8, 4) is 5.75 Å². The minimum absolute atomic E-state index is 0.0280. The first-order valence-corrected chi connectivity index (χ1v) is 16.5. The van der Waals surface area contributed by atoms with Crippen LogP contribution in [0.2, 0.25) is 5.02 Å². The summed E-state index contributed by atoms with van der Waals surface area (Å²) in [5.41, 5.74) is 1.85. The van der Waals surface area contributed by atoms with Crippen LogP contribution in [0.15, 0.2) is 114 Å². The second-order valence-corrected chi connectivity index (χ2v) is 13.0. The van der Waals surface area contributed by atoms with Gasteiger partial charge in [0.2, 0.25) is 11.8 Å². The number of nitrogens with one attached hydrogen (secondary N) is 1. The summed E-state index contributed by atoms with van der Waals surface area (Å²) in [5, 5.41) is 3.57. The molecule has 0 aliphatic rings. The van der Waals surface area contributed by atoms with Crippen molar-refractivity contribution >= 4 is 39.1 Å². The molecule has 0 heterocycles. The largest absolute Gasteiger partial charge is 0.497 e. The zero-order valence-electron chi connectivity index (χ0n) is 25.6. The fourth-order valence-electron chi connectivity index (χ4n) is 4.80. The van der Waals surface area contributed by atoms with Gasteiger partial charge in [0.1, 0.15) is 18.3 Å². The third-order valence-corrected chi connectivity index (χ3v) is 9.53. The van der Waals surface area contributed by atoms with Crippen LogP contribution in [0, 0.1) is 0 Å². The first kappa shape index (κ1) is 33.6. The normalized spacial score (nSPS) is 12.5. The highest BCUT2D eigenvalue weighted by molar-refractivity contribution is 7.92. The van der Waals surface area contributed by atoms with Crippen molar-refractivity contribution in [1.29, 1.82) is 0 Å². The number of carbonyl (C=O) groups is 2. The van der Waals surface area contributed by atoms with Gasteiger partial charge in [0.25, 0.3) is 10.0 Å². The van der Waals surface area contributed by atoms with E-state index in [4.69, 9.17) is 16.3 Å². The Morgan fingerprint density at radius 1 is 0.867 bits per heavy atom. The molecule has 0 spiro atoms. The smallest absolute Gasteiger partial charge is 0.264 e. The fourth-order valence-corrected chi connectivity index (χ4v) is 6.35. The molecule has 8 nitrogen and oxygen atoms in total. The number of methoxy groups -OCH3 is 1. The first-order chi connectivity index (χ1) is 21.6. The van der Waals surface area contributed by atoms with Gasteiger partial charge in [-0.1, -0.05) is 85.3 Å². The molecule has 0 aliphatic carbocycles. The van der Waals surface area contributed by atoms with Gasteiger partial charge >= 0.3 is 0 Å². The topological polar surface area (TPSA) is 96.0 Å². The van der Waals surface area contributed by atoms with Crippen LogP contribution < -0.4 is 14.4 Å². The van der Waals surface area contributed by atoms with Crippen molar-refractivity contribution in [3.05, 3.63) is 125 Å². The van der Waals surface area contributed by atoms with Crippen LogP contribution in [0.3, 0.4) is 0 Å². The van der Waals surface area contributed by atoms with Crippen molar-refractivity contribution in [2.45, 2.75) is 50.2 Å². The maximum Gasteiger partial charge on any atom is 0.264 e. The Labute approximate surface area is 270 Å². The highest BCUT2D eigenvalue weighted by Crippen LogP contribution is 2.28. The van der Waals surface area contributed by atoms with E-state index < -0.39 is 28.5 Å². The first-order valence-electron chi connectivity index (χ1n) is 14.7. The summed E-state index contributed by atoms with van der Waals surface area (Å²) in [6.07, 6.45) is 0.931. The predicted molar refractivity (Wildman–Crippen MR) is 178 cm³/mol. The average molecular weight is 648 g/mol. The molecule has 10 heteroatoms. The van der Waals surface area contributed by atoms with E-state index in [1.54, 1.807) is 66.7 Å². The molecule has 0 radical (unpaired) electrons. The molecule has 0 saturated carbocycles. The summed E-state index contributed by atoms with van der Waals surface area (Å²) in [4.78, 5) is 29.9. The van der Waals surface area contributed by atoms with Crippen LogP contribution >= 0.6 is 11.6 Å². The fraction of sp³-hybridized carbons (Fsp3) is 0.257. The van der Waals surface area contributed by atoms with Crippen LogP contribution in [-0.4, -0.2) is 50.9 Å². The van der Waals surface area contributed by atoms with Gasteiger partial charge in [-0.25, -0.2) is 8.42 Å². The molecule has 2 amide bonds. The molecule has 0 bridgehead atoms. The highest BCUT2D eigenvalue weighted by Gasteiger charge is 2.35. The third kappa shape index (κ3) is 8.86. The van der Waals surface area contributed by atoms with Crippen molar-refractivity contribution in [1.82, 2.24) is 10.2 Å². The predicted octanol–water partition coefficient (Wildman–Crippen LogP) is 6.10. The molecular weight excluding hydrogens is 610 g/mol. The quantitative estimate of drug-likeness (QED) is 0.179. The van der Waals surface area contributed by atoms with E-state index in [2.05, 4.69) is 5.32 Å². The minimum Gasteiger partial charge on any atom is -0.497 e. The van der Waals surface area contributed by atoms with Crippen LogP contribution in [0.25, 0.3) is 0 Å². The second-order valence-electron chi connectivity index (χ2n) is 10.7. The van der Waals surface area contributed by atoms with E-state index in [1.807, 2.05) is 44.2 Å². The van der Waals surface area contributed by atoms with Crippen molar-refractivity contribution in [2.24, 2.45) is 0 Å². The Bertz CT molecular complexity index is 1670. The lowest BCUT2D eigenvalue weighted by Gasteiger charge is -2.34. The molecule has 0 aliphatic heterocycles. The summed E-state index contributed by atoms with van der Waals surface area (Å²) in [5.74, 6) is -0.442. The van der Waals surface area contributed by atoms with Crippen molar-refractivity contribution < 1.29 is 22.7 Å². The van der Waals surface area contributed by atoms with Gasteiger partial charge in [0.15, 0.2) is 0 Å². The summed E-state index contributed by atoms with van der Waals surface area (Å²) in [6, 6.07) is 29.8. The third-order valence-electron chi connectivity index (χ3n) is 7.49. The molecule has 2 unspecified atom stereocenters. The molecule has 0 aromatic heterocycles. The maximum atomic E-state index is 14.5. The summed E-state index contributed by atoms with van der Waals surface area (Å²) in [6.45, 7) is 3.37. The van der Waals surface area contributed by atoms with Crippen LogP contribution in [0.5, 0.6) is 5.75 Å². The van der Waals surface area contributed by atoms with Crippen LogP contribution in [0.1, 0.15) is 31.4 Å². The zero-order chi connectivity index (χ0) is 32.4. The van der Waals surface area contributed by atoms with Gasteiger partial charge in [-0.05, 0) is 60.9 Å². The van der Waals surface area contributed by atoms with Gasteiger partial charge in [0, 0.05) is 30.1 Å². The molecular formula is C35H38ClN3O5S. The Morgan fingerprint density at radius 3 is 2.13 bits per heavy atom. The average Bonchev–Trinajstić information content (AvgIpc) is 3.06. The van der Waals surface area contributed by atoms with E-state index in [9.17, 15) is 18.0 Å². The Morgan fingerprint density at radius 2 is 1.51 bits per heavy atom. The van der Waals surface area contributed by atoms with Gasteiger partial charge < -0.3 is 15.0 Å². The summed E-state index contributed by atoms with van der Waals surface area (Å²) < 4.78 is 34.6. The van der Waals surface area contributed by atoms with Gasteiger partial charge in [-0.3, -0.25) is 13.9 Å². The molecule has 236 valence electrons. The van der Waals surface area contributed by atoms with Gasteiger partial charge in [-0.15, -0.1) is 0 Å². The number of benzene rings is 4. The zero-order valence-corrected chi connectivity index (χ0v) is 27.2. The molecule has 45 heavy (non-hydrogen) atoms. The molecule has 0 fully saturated rings. The van der Waals surface area contributed by atoms with E-state index in [-0.39, 0.29) is 35.5 Å². The second kappa shape index (κ2) is 15.6. The Hall–Kier alpha value is -4.34. The molecule has 0 saturated heterocycles. The van der Waals surface area contributed by atoms with Crippen LogP contribution in [0.4, 0.5) is 5.69 Å². The number of rotatable bonds is 14.